The third-order valence-corrected chi connectivity index (χ3v) is 2.16. The number of nitrogens with two attached hydrogens (primary N) is 1. The second kappa shape index (κ2) is 6.81. The number of para-hydroxylation sites is 1. The number of halogens is 3. The molecular weight excluding hydrogens is 257 g/mol. The fourth-order valence-electron chi connectivity index (χ4n) is 1.32. The van der Waals surface area contributed by atoms with E-state index in [1.807, 2.05) is 0 Å². The van der Waals surface area contributed by atoms with Crippen LogP contribution in [0.2, 0.25) is 0 Å². The lowest BCUT2D eigenvalue weighted by atomic mass is 10.1. The molecule has 0 aliphatic carbocycles. The third kappa shape index (κ3) is 5.93. The van der Waals surface area contributed by atoms with Gasteiger partial charge in [0, 0.05) is 12.0 Å². The lowest BCUT2D eigenvalue weighted by molar-refractivity contribution is -0.142. The first-order valence-electron chi connectivity index (χ1n) is 5.57. The van der Waals surface area contributed by atoms with Crippen LogP contribution in [0, 0.1) is 11.8 Å². The Balaban J connectivity index is 2.69. The van der Waals surface area contributed by atoms with E-state index in [1.54, 1.807) is 24.3 Å². The molecule has 0 spiro atoms. The molecule has 0 aliphatic heterocycles. The molecule has 6 heteroatoms. The number of nitrogens with one attached hydrogen (secondary N) is 1. The van der Waals surface area contributed by atoms with Crippen LogP contribution in [-0.4, -0.2) is 18.6 Å². The van der Waals surface area contributed by atoms with Crippen LogP contribution in [0.3, 0.4) is 0 Å². The maximum atomic E-state index is 12.0. The van der Waals surface area contributed by atoms with Crippen LogP contribution in [0.15, 0.2) is 24.3 Å². The third-order valence-electron chi connectivity index (χ3n) is 2.16. The summed E-state index contributed by atoms with van der Waals surface area (Å²) in [6.07, 6.45) is -6.09. The average molecular weight is 270 g/mol. The van der Waals surface area contributed by atoms with Crippen molar-refractivity contribution in [2.24, 2.45) is 5.73 Å². The molecule has 0 fully saturated rings. The van der Waals surface area contributed by atoms with Crippen LogP contribution in [0.5, 0.6) is 0 Å². The van der Waals surface area contributed by atoms with Crippen LogP contribution in [0.1, 0.15) is 18.4 Å². The minimum atomic E-state index is -4.34. The predicted molar refractivity (Wildman–Crippen MR) is 66.3 cm³/mol. The fourth-order valence-corrected chi connectivity index (χ4v) is 1.32. The highest BCUT2D eigenvalue weighted by molar-refractivity contribution is 5.92. The Kier molecular flexibility index (Phi) is 5.39. The van der Waals surface area contributed by atoms with Crippen molar-refractivity contribution in [1.29, 1.82) is 0 Å². The maximum Gasteiger partial charge on any atom is 0.389 e. The Morgan fingerprint density at radius 1 is 1.32 bits per heavy atom. The average Bonchev–Trinajstić information content (AvgIpc) is 2.34. The summed E-state index contributed by atoms with van der Waals surface area (Å²) in [5, 5.41) is 2.41. The van der Waals surface area contributed by atoms with Crippen molar-refractivity contribution < 1.29 is 18.0 Å². The van der Waals surface area contributed by atoms with E-state index < -0.39 is 24.9 Å². The topological polar surface area (TPSA) is 55.1 Å². The van der Waals surface area contributed by atoms with E-state index in [2.05, 4.69) is 17.2 Å². The van der Waals surface area contributed by atoms with Gasteiger partial charge in [0.15, 0.2) is 0 Å². The molecule has 19 heavy (non-hydrogen) atoms. The first-order valence-corrected chi connectivity index (χ1v) is 5.57. The molecule has 0 atom stereocenters. The predicted octanol–water partition coefficient (Wildman–Crippen LogP) is 2.28. The van der Waals surface area contributed by atoms with Crippen molar-refractivity contribution in [3.8, 4) is 11.8 Å². The van der Waals surface area contributed by atoms with Crippen molar-refractivity contribution in [1.82, 2.24) is 0 Å². The number of hydrogen-bond acceptors (Lipinski definition) is 2. The zero-order valence-electron chi connectivity index (χ0n) is 10.1. The number of alkyl halides is 3. The zero-order valence-corrected chi connectivity index (χ0v) is 10.1. The number of anilines is 1. The molecule has 0 heterocycles. The minimum absolute atomic E-state index is 0.163. The summed E-state index contributed by atoms with van der Waals surface area (Å²) in [7, 11) is 0. The van der Waals surface area contributed by atoms with Crippen LogP contribution in [0.25, 0.3) is 0 Å². The summed E-state index contributed by atoms with van der Waals surface area (Å²) in [6.45, 7) is 0.163. The van der Waals surface area contributed by atoms with Crippen LogP contribution in [0.4, 0.5) is 18.9 Å². The van der Waals surface area contributed by atoms with Gasteiger partial charge in [-0.25, -0.2) is 0 Å². The Labute approximate surface area is 109 Å². The first-order chi connectivity index (χ1) is 8.92. The molecule has 1 aromatic carbocycles. The molecule has 3 nitrogen and oxygen atoms in total. The zero-order chi connectivity index (χ0) is 14.3. The van der Waals surface area contributed by atoms with Crippen molar-refractivity contribution in [3.05, 3.63) is 29.8 Å². The molecule has 102 valence electrons. The summed E-state index contributed by atoms with van der Waals surface area (Å²) in [4.78, 5) is 11.4. The fraction of sp³-hybridized carbons (Fsp3) is 0.308. The molecule has 1 rings (SSSR count). The van der Waals surface area contributed by atoms with Gasteiger partial charge in [-0.1, -0.05) is 24.0 Å². The van der Waals surface area contributed by atoms with E-state index in [0.29, 0.717) is 11.3 Å². The monoisotopic (exact) mass is 270 g/mol. The highest BCUT2D eigenvalue weighted by Gasteiger charge is 2.27. The Bertz CT molecular complexity index is 501. The SMILES string of the molecule is NCC#Cc1ccccc1NC(=O)CCC(F)(F)F. The summed E-state index contributed by atoms with van der Waals surface area (Å²) < 4.78 is 36.0. The summed E-state index contributed by atoms with van der Waals surface area (Å²) in [5.74, 6) is 4.66. The van der Waals surface area contributed by atoms with Crippen molar-refractivity contribution >= 4 is 11.6 Å². The summed E-state index contributed by atoms with van der Waals surface area (Å²) >= 11 is 0. The van der Waals surface area contributed by atoms with Gasteiger partial charge >= 0.3 is 6.18 Å². The molecule has 3 N–H and O–H groups in total. The molecule has 1 aromatic rings. The van der Waals surface area contributed by atoms with Gasteiger partial charge in [0.1, 0.15) is 0 Å². The van der Waals surface area contributed by atoms with Gasteiger partial charge in [-0.2, -0.15) is 13.2 Å². The molecule has 0 radical (unpaired) electrons. The first kappa shape index (κ1) is 15.1. The minimum Gasteiger partial charge on any atom is -0.325 e. The molecule has 0 aliphatic rings. The van der Waals surface area contributed by atoms with E-state index in [4.69, 9.17) is 5.73 Å². The number of hydrogen-bond donors (Lipinski definition) is 2. The maximum absolute atomic E-state index is 12.0. The summed E-state index contributed by atoms with van der Waals surface area (Å²) in [6, 6.07) is 6.60. The van der Waals surface area contributed by atoms with E-state index >= 15 is 0 Å². The Morgan fingerprint density at radius 3 is 2.63 bits per heavy atom. The van der Waals surface area contributed by atoms with E-state index in [1.165, 1.54) is 0 Å². The van der Waals surface area contributed by atoms with Gasteiger partial charge < -0.3 is 11.1 Å². The highest BCUT2D eigenvalue weighted by atomic mass is 19.4. The normalized spacial score (nSPS) is 10.5. The number of benzene rings is 1. The number of amides is 1. The van der Waals surface area contributed by atoms with E-state index in [-0.39, 0.29) is 6.54 Å². The lowest BCUT2D eigenvalue weighted by Crippen LogP contribution is -2.17. The molecule has 0 aromatic heterocycles. The van der Waals surface area contributed by atoms with Gasteiger partial charge in [0.2, 0.25) is 5.91 Å². The smallest absolute Gasteiger partial charge is 0.325 e. The molecule has 0 saturated heterocycles. The van der Waals surface area contributed by atoms with Gasteiger partial charge in [-0.3, -0.25) is 4.79 Å². The van der Waals surface area contributed by atoms with Crippen molar-refractivity contribution in [3.63, 3.8) is 0 Å². The number of rotatable bonds is 3. The number of carbonyl (C=O) groups is 1. The second-order valence-corrected chi connectivity index (χ2v) is 3.71. The van der Waals surface area contributed by atoms with Gasteiger partial charge in [0.25, 0.3) is 0 Å². The van der Waals surface area contributed by atoms with Gasteiger partial charge in [-0.05, 0) is 12.1 Å². The molecule has 0 saturated carbocycles. The summed E-state index contributed by atoms with van der Waals surface area (Å²) in [5.41, 5.74) is 6.14. The highest BCUT2D eigenvalue weighted by Crippen LogP contribution is 2.22. The molecule has 1 amide bonds. The lowest BCUT2D eigenvalue weighted by Gasteiger charge is -2.08. The van der Waals surface area contributed by atoms with Crippen LogP contribution >= 0.6 is 0 Å². The van der Waals surface area contributed by atoms with Crippen molar-refractivity contribution in [2.75, 3.05) is 11.9 Å². The molecule has 0 bridgehead atoms. The van der Waals surface area contributed by atoms with E-state index in [9.17, 15) is 18.0 Å². The largest absolute Gasteiger partial charge is 0.389 e. The Morgan fingerprint density at radius 2 is 2.00 bits per heavy atom. The second-order valence-electron chi connectivity index (χ2n) is 3.71. The van der Waals surface area contributed by atoms with Crippen LogP contribution < -0.4 is 11.1 Å². The van der Waals surface area contributed by atoms with Gasteiger partial charge in [0.05, 0.1) is 18.7 Å². The Hall–Kier alpha value is -2.00. The van der Waals surface area contributed by atoms with Crippen LogP contribution in [-0.2, 0) is 4.79 Å². The van der Waals surface area contributed by atoms with E-state index in [0.717, 1.165) is 0 Å². The standard InChI is InChI=1S/C13H13F3N2O/c14-13(15,16)8-7-12(19)18-11-6-2-1-4-10(11)5-3-9-17/h1-2,4,6H,7-9,17H2,(H,18,19). The molecule has 0 unspecified atom stereocenters. The van der Waals surface area contributed by atoms with Gasteiger partial charge in [-0.15, -0.1) is 0 Å². The van der Waals surface area contributed by atoms with Crippen molar-refractivity contribution in [2.45, 2.75) is 19.0 Å². The number of carbonyl (C=O) groups excluding carboxylic acids is 1. The molecular formula is C13H13F3N2O. The quantitative estimate of drug-likeness (QED) is 0.828.